The van der Waals surface area contributed by atoms with Crippen molar-refractivity contribution >= 4 is 22.8 Å². The molecular weight excluding hydrogens is 248 g/mol. The van der Waals surface area contributed by atoms with Gasteiger partial charge in [0.25, 0.3) is 0 Å². The van der Waals surface area contributed by atoms with Crippen molar-refractivity contribution in [2.45, 2.75) is 13.3 Å². The van der Waals surface area contributed by atoms with Crippen LogP contribution in [0.2, 0.25) is 0 Å². The predicted octanol–water partition coefficient (Wildman–Crippen LogP) is 2.09. The summed E-state index contributed by atoms with van der Waals surface area (Å²) in [5.41, 5.74) is 7.31. The summed E-state index contributed by atoms with van der Waals surface area (Å²) in [6.45, 7) is 2.78. The maximum absolute atomic E-state index is 5.70. The largest absolute Gasteiger partial charge is 0.479 e. The number of nitrogens with one attached hydrogen (secondary N) is 1. The van der Waals surface area contributed by atoms with Crippen molar-refractivity contribution in [1.29, 1.82) is 0 Å². The van der Waals surface area contributed by atoms with Crippen LogP contribution in [0.5, 0.6) is 5.88 Å². The number of hydrogen-bond donors (Lipinski definition) is 2. The fourth-order valence-corrected chi connectivity index (χ4v) is 2.30. The van der Waals surface area contributed by atoms with Gasteiger partial charge in [0.05, 0.1) is 17.8 Å². The Morgan fingerprint density at radius 3 is 2.89 bits per heavy atom. The van der Waals surface area contributed by atoms with Crippen molar-refractivity contribution in [3.05, 3.63) is 28.2 Å². The molecule has 0 spiro atoms. The van der Waals surface area contributed by atoms with Gasteiger partial charge in [-0.1, -0.05) is 0 Å². The lowest BCUT2D eigenvalue weighted by Gasteiger charge is -2.07. The Morgan fingerprint density at radius 1 is 1.39 bits per heavy atom. The van der Waals surface area contributed by atoms with E-state index in [0.29, 0.717) is 11.6 Å². The molecule has 0 aliphatic heterocycles. The molecule has 18 heavy (non-hydrogen) atoms. The molecular formula is C12H16N4OS. The summed E-state index contributed by atoms with van der Waals surface area (Å²) in [7, 11) is 1.56. The van der Waals surface area contributed by atoms with Gasteiger partial charge in [-0.15, -0.1) is 11.3 Å². The highest BCUT2D eigenvalue weighted by atomic mass is 32.1. The summed E-state index contributed by atoms with van der Waals surface area (Å²) in [5.74, 6) is 1.21. The van der Waals surface area contributed by atoms with Crippen molar-refractivity contribution < 1.29 is 4.74 Å². The monoisotopic (exact) mass is 264 g/mol. The Kier molecular flexibility index (Phi) is 3.99. The van der Waals surface area contributed by atoms with Gasteiger partial charge in [-0.25, -0.2) is 4.98 Å². The van der Waals surface area contributed by atoms with Gasteiger partial charge in [-0.05, 0) is 19.1 Å². The Morgan fingerprint density at radius 2 is 2.22 bits per heavy atom. The second-order valence-electron chi connectivity index (χ2n) is 3.85. The fourth-order valence-electron chi connectivity index (χ4n) is 1.53. The van der Waals surface area contributed by atoms with Crippen molar-refractivity contribution in [2.75, 3.05) is 24.7 Å². The molecule has 0 bridgehead atoms. The van der Waals surface area contributed by atoms with E-state index in [0.717, 1.165) is 29.5 Å². The van der Waals surface area contributed by atoms with E-state index in [1.165, 1.54) is 0 Å². The molecule has 0 aromatic carbocycles. The summed E-state index contributed by atoms with van der Waals surface area (Å²) < 4.78 is 5.07. The lowest BCUT2D eigenvalue weighted by molar-refractivity contribution is 0.401. The molecule has 0 atom stereocenters. The van der Waals surface area contributed by atoms with Crippen LogP contribution in [0.15, 0.2) is 17.5 Å². The van der Waals surface area contributed by atoms with Crippen LogP contribution >= 0.6 is 11.3 Å². The zero-order chi connectivity index (χ0) is 13.0. The number of aryl methyl sites for hydroxylation is 1. The molecule has 2 rings (SSSR count). The second-order valence-corrected chi connectivity index (χ2v) is 4.80. The number of pyridine rings is 1. The molecule has 0 unspecified atom stereocenters. The molecule has 0 saturated carbocycles. The Bertz CT molecular complexity index is 527. The minimum Gasteiger partial charge on any atom is -0.479 e. The number of rotatable bonds is 5. The van der Waals surface area contributed by atoms with E-state index in [9.17, 15) is 0 Å². The van der Waals surface area contributed by atoms with E-state index in [1.54, 1.807) is 24.5 Å². The molecule has 5 nitrogen and oxygen atoms in total. The van der Waals surface area contributed by atoms with Gasteiger partial charge in [-0.2, -0.15) is 4.98 Å². The van der Waals surface area contributed by atoms with Gasteiger partial charge < -0.3 is 15.8 Å². The molecule has 2 heterocycles. The summed E-state index contributed by atoms with van der Waals surface area (Å²) >= 11 is 1.68. The van der Waals surface area contributed by atoms with Crippen LogP contribution < -0.4 is 15.8 Å². The average molecular weight is 264 g/mol. The number of ether oxygens (including phenoxy) is 1. The standard InChI is InChI=1S/C12H16N4OS/c1-8-7-18-11(15-8)5-6-14-10-4-3-9(13)12(16-10)17-2/h3-4,7H,5-6,13H2,1-2H3,(H,14,16). The predicted molar refractivity (Wildman–Crippen MR) is 74.2 cm³/mol. The normalized spacial score (nSPS) is 10.3. The van der Waals surface area contributed by atoms with E-state index in [1.807, 2.05) is 13.0 Å². The number of nitrogen functional groups attached to an aromatic ring is 1. The molecule has 0 aliphatic rings. The summed E-state index contributed by atoms with van der Waals surface area (Å²) in [6.07, 6.45) is 0.882. The van der Waals surface area contributed by atoms with E-state index >= 15 is 0 Å². The van der Waals surface area contributed by atoms with Crippen LogP contribution in [0.4, 0.5) is 11.5 Å². The minimum absolute atomic E-state index is 0.449. The quantitative estimate of drug-likeness (QED) is 0.865. The summed E-state index contributed by atoms with van der Waals surface area (Å²) in [5, 5.41) is 6.41. The number of nitrogens with zero attached hydrogens (tertiary/aromatic N) is 2. The summed E-state index contributed by atoms with van der Waals surface area (Å²) in [6, 6.07) is 3.62. The Hall–Kier alpha value is -1.82. The number of hydrogen-bond acceptors (Lipinski definition) is 6. The van der Waals surface area contributed by atoms with Crippen LogP contribution in [-0.4, -0.2) is 23.6 Å². The minimum atomic E-state index is 0.449. The SMILES string of the molecule is COc1nc(NCCc2nc(C)cs2)ccc1N. The maximum atomic E-state index is 5.70. The third kappa shape index (κ3) is 3.10. The molecule has 0 saturated heterocycles. The van der Waals surface area contributed by atoms with Gasteiger partial charge in [0, 0.05) is 24.0 Å². The molecule has 0 aliphatic carbocycles. The highest BCUT2D eigenvalue weighted by Crippen LogP contribution is 2.20. The lowest BCUT2D eigenvalue weighted by atomic mass is 10.4. The van der Waals surface area contributed by atoms with Crippen LogP contribution in [0, 0.1) is 6.92 Å². The topological polar surface area (TPSA) is 73.1 Å². The van der Waals surface area contributed by atoms with E-state index in [4.69, 9.17) is 10.5 Å². The number of aromatic nitrogens is 2. The molecule has 96 valence electrons. The van der Waals surface area contributed by atoms with Crippen molar-refractivity contribution in [1.82, 2.24) is 9.97 Å². The summed E-state index contributed by atoms with van der Waals surface area (Å²) in [4.78, 5) is 8.65. The molecule has 0 fully saturated rings. The molecule has 2 aromatic heterocycles. The average Bonchev–Trinajstić information content (AvgIpc) is 2.77. The van der Waals surface area contributed by atoms with Crippen LogP contribution in [0.3, 0.4) is 0 Å². The van der Waals surface area contributed by atoms with Crippen LogP contribution in [0.25, 0.3) is 0 Å². The molecule has 0 radical (unpaired) electrons. The highest BCUT2D eigenvalue weighted by molar-refractivity contribution is 7.09. The van der Waals surface area contributed by atoms with E-state index in [-0.39, 0.29) is 0 Å². The van der Waals surface area contributed by atoms with Gasteiger partial charge in [0.15, 0.2) is 0 Å². The molecule has 3 N–H and O–H groups in total. The van der Waals surface area contributed by atoms with Gasteiger partial charge >= 0.3 is 0 Å². The fraction of sp³-hybridized carbons (Fsp3) is 0.333. The van der Waals surface area contributed by atoms with Gasteiger partial charge in [0.1, 0.15) is 5.82 Å². The first kappa shape index (κ1) is 12.6. The van der Waals surface area contributed by atoms with Crippen molar-refractivity contribution in [2.24, 2.45) is 0 Å². The zero-order valence-corrected chi connectivity index (χ0v) is 11.3. The van der Waals surface area contributed by atoms with Crippen molar-refractivity contribution in [3.8, 4) is 5.88 Å². The Labute approximate surface area is 110 Å². The van der Waals surface area contributed by atoms with E-state index in [2.05, 4.69) is 20.7 Å². The molecule has 0 amide bonds. The first-order chi connectivity index (χ1) is 8.69. The lowest BCUT2D eigenvalue weighted by Crippen LogP contribution is -2.07. The first-order valence-corrected chi connectivity index (χ1v) is 6.52. The maximum Gasteiger partial charge on any atom is 0.238 e. The number of nitrogens with two attached hydrogens (primary N) is 1. The number of thiazole rings is 1. The smallest absolute Gasteiger partial charge is 0.238 e. The third-order valence-corrected chi connectivity index (χ3v) is 3.42. The highest BCUT2D eigenvalue weighted by Gasteiger charge is 2.03. The molecule has 2 aromatic rings. The number of anilines is 2. The van der Waals surface area contributed by atoms with E-state index < -0.39 is 0 Å². The molecule has 6 heteroatoms. The Balaban J connectivity index is 1.90. The number of methoxy groups -OCH3 is 1. The zero-order valence-electron chi connectivity index (χ0n) is 10.4. The van der Waals surface area contributed by atoms with Crippen LogP contribution in [-0.2, 0) is 6.42 Å². The third-order valence-electron chi connectivity index (χ3n) is 2.39. The van der Waals surface area contributed by atoms with Crippen LogP contribution in [0.1, 0.15) is 10.7 Å². The first-order valence-electron chi connectivity index (χ1n) is 5.64. The van der Waals surface area contributed by atoms with Crippen molar-refractivity contribution in [3.63, 3.8) is 0 Å². The second kappa shape index (κ2) is 5.68. The van der Waals surface area contributed by atoms with Gasteiger partial charge in [-0.3, -0.25) is 0 Å². The van der Waals surface area contributed by atoms with Gasteiger partial charge in [0.2, 0.25) is 5.88 Å².